The molecule has 4 heterocycles. The number of pyridine rings is 1. The van der Waals surface area contributed by atoms with Gasteiger partial charge < -0.3 is 9.88 Å². The molecule has 0 saturated heterocycles. The Morgan fingerprint density at radius 3 is 2.72 bits per heavy atom. The summed E-state index contributed by atoms with van der Waals surface area (Å²) in [5, 5.41) is 12.1. The molecule has 4 aromatic heterocycles. The first-order chi connectivity index (χ1) is 12.1. The van der Waals surface area contributed by atoms with Crippen LogP contribution in [-0.4, -0.2) is 30.1 Å². The van der Waals surface area contributed by atoms with Crippen molar-refractivity contribution in [2.45, 2.75) is 19.9 Å². The predicted octanol–water partition coefficient (Wildman–Crippen LogP) is 2.78. The van der Waals surface area contributed by atoms with E-state index < -0.39 is 0 Å². The fraction of sp³-hybridized carbons (Fsp3) is 0.176. The van der Waals surface area contributed by atoms with E-state index in [2.05, 4.69) is 20.5 Å². The zero-order valence-corrected chi connectivity index (χ0v) is 14.6. The summed E-state index contributed by atoms with van der Waals surface area (Å²) < 4.78 is 3.76. The van der Waals surface area contributed by atoms with Crippen molar-refractivity contribution in [1.29, 1.82) is 0 Å². The highest BCUT2D eigenvalue weighted by molar-refractivity contribution is 7.16. The summed E-state index contributed by atoms with van der Waals surface area (Å²) in [5.74, 6) is 0.533. The first kappa shape index (κ1) is 15.5. The number of aromatic nitrogens is 5. The van der Waals surface area contributed by atoms with Crippen molar-refractivity contribution in [2.75, 3.05) is 0 Å². The van der Waals surface area contributed by atoms with E-state index in [1.807, 2.05) is 71.7 Å². The van der Waals surface area contributed by atoms with Crippen molar-refractivity contribution >= 4 is 22.9 Å². The minimum atomic E-state index is -0.276. The molecule has 0 aliphatic heterocycles. The Balaban J connectivity index is 1.58. The molecule has 4 rings (SSSR count). The number of nitrogens with one attached hydrogen (secondary N) is 1. The summed E-state index contributed by atoms with van der Waals surface area (Å²) in [5.41, 5.74) is 1.46. The van der Waals surface area contributed by atoms with Gasteiger partial charge in [0.2, 0.25) is 0 Å². The molecule has 0 radical (unpaired) electrons. The number of carbonyl (C=O) groups excluding carboxylic acids is 1. The number of nitrogens with zero attached hydrogens (tertiary/aromatic N) is 5. The average Bonchev–Trinajstić information content (AvgIpc) is 3.33. The van der Waals surface area contributed by atoms with Gasteiger partial charge in [-0.1, -0.05) is 17.4 Å². The normalized spacial score (nSPS) is 12.4. The molecule has 0 aromatic carbocycles. The standard InChI is InChI=1S/C17H16N6OS/c1-11-14(25-17(19-11)22-8-5-6-9-22)16(24)18-12(2)15-21-20-13-7-3-4-10-23(13)15/h3-10,12H,1-2H3,(H,18,24)/t12-/m1/s1. The van der Waals surface area contributed by atoms with Gasteiger partial charge in [0, 0.05) is 18.6 Å². The van der Waals surface area contributed by atoms with E-state index in [1.165, 1.54) is 11.3 Å². The number of fused-ring (bicyclic) bond motifs is 1. The Morgan fingerprint density at radius 1 is 1.16 bits per heavy atom. The van der Waals surface area contributed by atoms with Crippen LogP contribution >= 0.6 is 11.3 Å². The molecular weight excluding hydrogens is 336 g/mol. The Labute approximate surface area is 148 Å². The number of hydrogen-bond donors (Lipinski definition) is 1. The van der Waals surface area contributed by atoms with Gasteiger partial charge in [-0.3, -0.25) is 9.20 Å². The number of carbonyl (C=O) groups is 1. The van der Waals surface area contributed by atoms with Gasteiger partial charge >= 0.3 is 0 Å². The van der Waals surface area contributed by atoms with Crippen LogP contribution in [0.1, 0.15) is 34.2 Å². The molecule has 0 saturated carbocycles. The monoisotopic (exact) mass is 352 g/mol. The lowest BCUT2D eigenvalue weighted by Crippen LogP contribution is -2.27. The van der Waals surface area contributed by atoms with Gasteiger partial charge in [0.1, 0.15) is 4.88 Å². The molecule has 0 spiro atoms. The van der Waals surface area contributed by atoms with Gasteiger partial charge in [-0.2, -0.15) is 0 Å². The van der Waals surface area contributed by atoms with Crippen LogP contribution < -0.4 is 5.32 Å². The maximum Gasteiger partial charge on any atom is 0.263 e. The zero-order valence-electron chi connectivity index (χ0n) is 13.7. The van der Waals surface area contributed by atoms with Crippen LogP contribution in [0.4, 0.5) is 0 Å². The second-order valence-electron chi connectivity index (χ2n) is 5.68. The quantitative estimate of drug-likeness (QED) is 0.613. The molecule has 25 heavy (non-hydrogen) atoms. The second-order valence-corrected chi connectivity index (χ2v) is 6.66. The maximum atomic E-state index is 12.7. The number of aryl methyl sites for hydroxylation is 1. The summed E-state index contributed by atoms with van der Waals surface area (Å²) >= 11 is 1.37. The van der Waals surface area contributed by atoms with E-state index in [1.54, 1.807) is 0 Å². The summed E-state index contributed by atoms with van der Waals surface area (Å²) in [6, 6.07) is 9.26. The molecule has 0 aliphatic rings. The van der Waals surface area contributed by atoms with Gasteiger partial charge in [-0.15, -0.1) is 10.2 Å². The molecule has 8 heteroatoms. The topological polar surface area (TPSA) is 77.1 Å². The molecule has 1 amide bonds. The Hall–Kier alpha value is -3.00. The average molecular weight is 352 g/mol. The smallest absolute Gasteiger partial charge is 0.263 e. The van der Waals surface area contributed by atoms with E-state index >= 15 is 0 Å². The third-order valence-electron chi connectivity index (χ3n) is 3.89. The highest BCUT2D eigenvalue weighted by Gasteiger charge is 2.20. The molecule has 0 bridgehead atoms. The van der Waals surface area contributed by atoms with Crippen molar-refractivity contribution in [1.82, 2.24) is 29.5 Å². The largest absolute Gasteiger partial charge is 0.342 e. The summed E-state index contributed by atoms with van der Waals surface area (Å²) in [6.45, 7) is 3.74. The van der Waals surface area contributed by atoms with Gasteiger partial charge in [0.25, 0.3) is 5.91 Å². The molecule has 126 valence electrons. The Bertz CT molecular complexity index is 1030. The van der Waals surface area contributed by atoms with Gasteiger partial charge in [0.05, 0.1) is 11.7 Å². The lowest BCUT2D eigenvalue weighted by Gasteiger charge is -2.11. The van der Waals surface area contributed by atoms with Gasteiger partial charge in [0.15, 0.2) is 16.6 Å². The highest BCUT2D eigenvalue weighted by Crippen LogP contribution is 2.22. The third-order valence-corrected chi connectivity index (χ3v) is 5.06. The van der Waals surface area contributed by atoms with Crippen LogP contribution in [-0.2, 0) is 0 Å². The van der Waals surface area contributed by atoms with Crippen LogP contribution in [0.25, 0.3) is 10.8 Å². The fourth-order valence-corrected chi connectivity index (χ4v) is 3.58. The lowest BCUT2D eigenvalue weighted by molar-refractivity contribution is 0.0941. The highest BCUT2D eigenvalue weighted by atomic mass is 32.1. The number of hydrogen-bond acceptors (Lipinski definition) is 5. The molecule has 0 aliphatic carbocycles. The number of thiazole rings is 1. The minimum absolute atomic E-state index is 0.159. The van der Waals surface area contributed by atoms with Crippen LogP contribution in [0.15, 0.2) is 48.9 Å². The van der Waals surface area contributed by atoms with E-state index in [0.717, 1.165) is 10.8 Å². The maximum absolute atomic E-state index is 12.7. The van der Waals surface area contributed by atoms with E-state index in [0.29, 0.717) is 16.4 Å². The van der Waals surface area contributed by atoms with Gasteiger partial charge in [-0.25, -0.2) is 4.98 Å². The summed E-state index contributed by atoms with van der Waals surface area (Å²) in [7, 11) is 0. The zero-order chi connectivity index (χ0) is 17.4. The van der Waals surface area contributed by atoms with Crippen molar-refractivity contribution in [3.8, 4) is 5.13 Å². The molecular formula is C17H16N6OS. The van der Waals surface area contributed by atoms with Crippen LogP contribution in [0.3, 0.4) is 0 Å². The SMILES string of the molecule is Cc1nc(-n2cccc2)sc1C(=O)N[C@H](C)c1nnc2ccccn12. The molecule has 0 fully saturated rings. The molecule has 0 unspecified atom stereocenters. The van der Waals surface area contributed by atoms with E-state index in [4.69, 9.17) is 0 Å². The van der Waals surface area contributed by atoms with E-state index in [9.17, 15) is 4.79 Å². The Morgan fingerprint density at radius 2 is 1.92 bits per heavy atom. The minimum Gasteiger partial charge on any atom is -0.342 e. The van der Waals surface area contributed by atoms with Crippen LogP contribution in [0, 0.1) is 6.92 Å². The van der Waals surface area contributed by atoms with Crippen molar-refractivity contribution in [2.24, 2.45) is 0 Å². The van der Waals surface area contributed by atoms with Crippen molar-refractivity contribution < 1.29 is 4.79 Å². The summed E-state index contributed by atoms with van der Waals surface area (Å²) in [6.07, 6.45) is 5.70. The predicted molar refractivity (Wildman–Crippen MR) is 95.0 cm³/mol. The third kappa shape index (κ3) is 2.80. The molecule has 4 aromatic rings. The van der Waals surface area contributed by atoms with Crippen LogP contribution in [0.2, 0.25) is 0 Å². The number of rotatable bonds is 4. The second kappa shape index (κ2) is 6.14. The number of amides is 1. The first-order valence-electron chi connectivity index (χ1n) is 7.85. The molecule has 7 nitrogen and oxygen atoms in total. The van der Waals surface area contributed by atoms with Crippen molar-refractivity contribution in [3.05, 3.63) is 65.3 Å². The Kier molecular flexibility index (Phi) is 3.81. The molecule has 1 N–H and O–H groups in total. The van der Waals surface area contributed by atoms with E-state index in [-0.39, 0.29) is 11.9 Å². The lowest BCUT2D eigenvalue weighted by atomic mass is 10.3. The molecule has 1 atom stereocenters. The first-order valence-corrected chi connectivity index (χ1v) is 8.66. The van der Waals surface area contributed by atoms with Crippen LogP contribution in [0.5, 0.6) is 0 Å². The van der Waals surface area contributed by atoms with Crippen molar-refractivity contribution in [3.63, 3.8) is 0 Å². The fourth-order valence-electron chi connectivity index (χ4n) is 2.65. The summed E-state index contributed by atoms with van der Waals surface area (Å²) in [4.78, 5) is 17.8. The van der Waals surface area contributed by atoms with Gasteiger partial charge in [-0.05, 0) is 38.1 Å².